The van der Waals surface area contributed by atoms with Crippen LogP contribution in [0.1, 0.15) is 110 Å². The zero-order valence-corrected chi connectivity index (χ0v) is 27.7. The molecule has 3 unspecified atom stereocenters. The van der Waals surface area contributed by atoms with Crippen LogP contribution in [0.5, 0.6) is 0 Å². The van der Waals surface area contributed by atoms with E-state index in [0.717, 1.165) is 50.5 Å². The number of ketones is 1. The maximum absolute atomic E-state index is 14.9. The molecule has 0 bridgehead atoms. The lowest BCUT2D eigenvalue weighted by Gasteiger charge is -2.57. The molecule has 1 aromatic rings. The molecule has 0 aromatic heterocycles. The van der Waals surface area contributed by atoms with E-state index in [0.29, 0.717) is 24.1 Å². The zero-order chi connectivity index (χ0) is 32.0. The molecule has 0 saturated heterocycles. The number of fused-ring (bicyclic) bond motifs is 5. The number of ether oxygens (including phenoxy) is 2. The van der Waals surface area contributed by atoms with Crippen molar-refractivity contribution in [2.24, 2.45) is 45.8 Å². The minimum Gasteiger partial charge on any atom is -0.469 e. The number of amides is 1. The number of esters is 2. The number of benzene rings is 1. The van der Waals surface area contributed by atoms with E-state index in [9.17, 15) is 19.2 Å². The average molecular weight is 606 g/mol. The summed E-state index contributed by atoms with van der Waals surface area (Å²) >= 11 is 0. The fourth-order valence-electron chi connectivity index (χ4n) is 9.40. The molecule has 8 atom stereocenters. The highest BCUT2D eigenvalue weighted by Crippen LogP contribution is 2.66. The zero-order valence-electron chi connectivity index (χ0n) is 27.7. The molecule has 1 aromatic carbocycles. The highest BCUT2D eigenvalue weighted by atomic mass is 16.5. The molecule has 1 amide bonds. The van der Waals surface area contributed by atoms with Crippen LogP contribution in [0.2, 0.25) is 0 Å². The van der Waals surface area contributed by atoms with Gasteiger partial charge in [-0.1, -0.05) is 59.7 Å². The largest absolute Gasteiger partial charge is 0.469 e. The first-order chi connectivity index (χ1) is 20.7. The van der Waals surface area contributed by atoms with Gasteiger partial charge in [-0.15, -0.1) is 0 Å². The Kier molecular flexibility index (Phi) is 8.91. The van der Waals surface area contributed by atoms with Crippen LogP contribution < -0.4 is 5.32 Å². The van der Waals surface area contributed by atoms with Gasteiger partial charge in [0.1, 0.15) is 6.10 Å². The van der Waals surface area contributed by atoms with Gasteiger partial charge in [-0.3, -0.25) is 14.4 Å². The smallest absolute Gasteiger partial charge is 0.338 e. The van der Waals surface area contributed by atoms with Crippen LogP contribution in [-0.4, -0.2) is 36.8 Å². The SMILES string of the molecule is COC(=O)CCC(C)[C@H]1CCC2C3CC[C@@H]4C[C@H](OC(=O)c5ccccc5)CC[C@]4(C)C3=C(NC(=O)C(C)(C)C)C(=O)[C@@]21C. The molecule has 3 fully saturated rings. The molecule has 5 rings (SSSR count). The summed E-state index contributed by atoms with van der Waals surface area (Å²) in [7, 11) is 1.42. The first-order valence-electron chi connectivity index (χ1n) is 16.7. The van der Waals surface area contributed by atoms with E-state index in [4.69, 9.17) is 9.47 Å². The van der Waals surface area contributed by atoms with Crippen molar-refractivity contribution in [2.45, 2.75) is 105 Å². The maximum Gasteiger partial charge on any atom is 0.338 e. The van der Waals surface area contributed by atoms with Gasteiger partial charge in [-0.05, 0) is 104 Å². The molecule has 7 nitrogen and oxygen atoms in total. The Hall–Kier alpha value is -2.96. The molecule has 0 spiro atoms. The van der Waals surface area contributed by atoms with Crippen LogP contribution in [-0.2, 0) is 23.9 Å². The van der Waals surface area contributed by atoms with Crippen molar-refractivity contribution in [3.8, 4) is 0 Å². The highest BCUT2D eigenvalue weighted by Gasteiger charge is 2.63. The summed E-state index contributed by atoms with van der Waals surface area (Å²) in [6.07, 6.45) is 7.04. The molecular weight excluding hydrogens is 554 g/mol. The molecule has 4 aliphatic carbocycles. The Balaban J connectivity index is 1.48. The summed E-state index contributed by atoms with van der Waals surface area (Å²) < 4.78 is 10.9. The summed E-state index contributed by atoms with van der Waals surface area (Å²) in [5.41, 5.74) is 0.735. The monoisotopic (exact) mass is 605 g/mol. The Morgan fingerprint density at radius 2 is 1.73 bits per heavy atom. The summed E-state index contributed by atoms with van der Waals surface area (Å²) in [6.45, 7) is 12.2. The van der Waals surface area contributed by atoms with Crippen molar-refractivity contribution in [3.05, 3.63) is 47.2 Å². The van der Waals surface area contributed by atoms with Gasteiger partial charge in [-0.25, -0.2) is 4.79 Å². The van der Waals surface area contributed by atoms with Crippen molar-refractivity contribution >= 4 is 23.6 Å². The number of carbonyl (C=O) groups excluding carboxylic acids is 4. The van der Waals surface area contributed by atoms with Crippen molar-refractivity contribution < 1.29 is 28.7 Å². The minimum atomic E-state index is -0.651. The molecule has 240 valence electrons. The van der Waals surface area contributed by atoms with Crippen LogP contribution in [0.4, 0.5) is 0 Å². The predicted octanol–water partition coefficient (Wildman–Crippen LogP) is 7.05. The van der Waals surface area contributed by atoms with E-state index < -0.39 is 10.8 Å². The molecule has 7 heteroatoms. The van der Waals surface area contributed by atoms with Crippen molar-refractivity contribution in [1.82, 2.24) is 5.32 Å². The molecule has 44 heavy (non-hydrogen) atoms. The molecular formula is C37H51NO6. The normalized spacial score (nSPS) is 33.9. The molecule has 0 aliphatic heterocycles. The van der Waals surface area contributed by atoms with Gasteiger partial charge in [0.2, 0.25) is 5.91 Å². The van der Waals surface area contributed by atoms with Gasteiger partial charge in [0, 0.05) is 17.3 Å². The van der Waals surface area contributed by atoms with Crippen molar-refractivity contribution in [2.75, 3.05) is 7.11 Å². The number of nitrogens with one attached hydrogen (secondary N) is 1. The predicted molar refractivity (Wildman–Crippen MR) is 168 cm³/mol. The van der Waals surface area contributed by atoms with E-state index in [2.05, 4.69) is 26.1 Å². The van der Waals surface area contributed by atoms with Gasteiger partial charge < -0.3 is 14.8 Å². The number of Topliss-reactive ketones (excluding diaryl/α,β-unsaturated/α-hetero) is 1. The number of hydrogen-bond acceptors (Lipinski definition) is 6. The van der Waals surface area contributed by atoms with Gasteiger partial charge in [0.15, 0.2) is 5.78 Å². The number of methoxy groups -OCH3 is 1. The Morgan fingerprint density at radius 3 is 2.39 bits per heavy atom. The molecule has 0 radical (unpaired) electrons. The second-order valence-electron chi connectivity index (χ2n) is 15.5. The quantitative estimate of drug-likeness (QED) is 0.335. The minimum absolute atomic E-state index is 0.0678. The first kappa shape index (κ1) is 32.4. The summed E-state index contributed by atoms with van der Waals surface area (Å²) in [5, 5.41) is 3.22. The van der Waals surface area contributed by atoms with Crippen LogP contribution >= 0.6 is 0 Å². The standard InChI is InChI=1S/C37H51NO6/c1-22(13-18-29(39)43-7)27-16-17-28-26-15-14-24-21-25(44-33(41)23-11-9-8-10-12-23)19-20-36(24,5)30(26)31(32(40)37(27,28)6)38-34(42)35(2,3)4/h8-12,22,24-28H,13-21H2,1-7H3,(H,38,42)/t22?,24-,25-,26?,27-,28?,36+,37-/m1/s1. The van der Waals surface area contributed by atoms with Gasteiger partial charge in [-0.2, -0.15) is 0 Å². The van der Waals surface area contributed by atoms with E-state index in [1.165, 1.54) is 7.11 Å². The Morgan fingerprint density at radius 1 is 1.02 bits per heavy atom. The summed E-state index contributed by atoms with van der Waals surface area (Å²) in [5.74, 6) is 0.410. The first-order valence-corrected chi connectivity index (χ1v) is 16.7. The third-order valence-electron chi connectivity index (χ3n) is 12.0. The van der Waals surface area contributed by atoms with E-state index in [-0.39, 0.29) is 64.7 Å². The Labute approximate surface area is 262 Å². The topological polar surface area (TPSA) is 98.8 Å². The fourth-order valence-corrected chi connectivity index (χ4v) is 9.40. The number of rotatable bonds is 7. The van der Waals surface area contributed by atoms with Gasteiger partial charge in [0.25, 0.3) is 0 Å². The third kappa shape index (κ3) is 5.64. The Bertz CT molecular complexity index is 1330. The van der Waals surface area contributed by atoms with Crippen molar-refractivity contribution in [1.29, 1.82) is 0 Å². The van der Waals surface area contributed by atoms with Gasteiger partial charge >= 0.3 is 11.9 Å². The lowest BCUT2D eigenvalue weighted by molar-refractivity contribution is -0.141. The number of carbonyl (C=O) groups is 4. The lowest BCUT2D eigenvalue weighted by Crippen LogP contribution is -2.56. The molecule has 4 aliphatic rings. The average Bonchev–Trinajstić information content (AvgIpc) is 3.36. The molecule has 0 heterocycles. The molecule has 1 N–H and O–H groups in total. The second-order valence-corrected chi connectivity index (χ2v) is 15.5. The maximum atomic E-state index is 14.9. The summed E-state index contributed by atoms with van der Waals surface area (Å²) in [6, 6.07) is 9.14. The van der Waals surface area contributed by atoms with Crippen LogP contribution in [0, 0.1) is 45.8 Å². The highest BCUT2D eigenvalue weighted by molar-refractivity contribution is 6.05. The van der Waals surface area contributed by atoms with Crippen LogP contribution in [0.3, 0.4) is 0 Å². The lowest BCUT2D eigenvalue weighted by atomic mass is 9.47. The van der Waals surface area contributed by atoms with Gasteiger partial charge in [0.05, 0.1) is 18.4 Å². The van der Waals surface area contributed by atoms with E-state index in [1.807, 2.05) is 39.0 Å². The van der Waals surface area contributed by atoms with E-state index >= 15 is 0 Å². The van der Waals surface area contributed by atoms with E-state index in [1.54, 1.807) is 12.1 Å². The van der Waals surface area contributed by atoms with Crippen molar-refractivity contribution in [3.63, 3.8) is 0 Å². The third-order valence-corrected chi connectivity index (χ3v) is 12.0. The molecule has 3 saturated carbocycles. The second kappa shape index (κ2) is 12.1. The fraction of sp³-hybridized carbons (Fsp3) is 0.676. The van der Waals surface area contributed by atoms with Crippen LogP contribution in [0.25, 0.3) is 0 Å². The van der Waals surface area contributed by atoms with Crippen LogP contribution in [0.15, 0.2) is 41.6 Å². The number of hydrogen-bond donors (Lipinski definition) is 1. The number of allylic oxidation sites excluding steroid dienone is 2. The summed E-state index contributed by atoms with van der Waals surface area (Å²) in [4.78, 5) is 53.3.